The lowest BCUT2D eigenvalue weighted by Crippen LogP contribution is -2.41. The Kier molecular flexibility index (Phi) is 11.3. The van der Waals surface area contributed by atoms with E-state index in [1.54, 1.807) is 12.1 Å². The second-order valence-corrected chi connectivity index (χ2v) is 9.77. The van der Waals surface area contributed by atoms with E-state index in [-0.39, 0.29) is 12.1 Å². The summed E-state index contributed by atoms with van der Waals surface area (Å²) in [6, 6.07) is 23.3. The first kappa shape index (κ1) is 28.5. The van der Waals surface area contributed by atoms with Gasteiger partial charge in [0.1, 0.15) is 11.5 Å². The fraction of sp³-hybridized carbons (Fsp3) is 0.387. The van der Waals surface area contributed by atoms with Gasteiger partial charge in [-0.15, -0.1) is 0 Å². The van der Waals surface area contributed by atoms with E-state index in [4.69, 9.17) is 16.3 Å². The van der Waals surface area contributed by atoms with Crippen LogP contribution in [-0.2, 0) is 13.0 Å². The summed E-state index contributed by atoms with van der Waals surface area (Å²) in [6.45, 7) is 12.3. The lowest BCUT2D eigenvalue weighted by atomic mass is 10.1. The van der Waals surface area contributed by atoms with Crippen molar-refractivity contribution in [3.63, 3.8) is 0 Å². The minimum atomic E-state index is -0.0939. The Labute approximate surface area is 227 Å². The van der Waals surface area contributed by atoms with Crippen molar-refractivity contribution in [2.45, 2.75) is 59.5 Å². The van der Waals surface area contributed by atoms with E-state index in [2.05, 4.69) is 50.0 Å². The largest absolute Gasteiger partial charge is 0.457 e. The Morgan fingerprint density at radius 1 is 0.919 bits per heavy atom. The Morgan fingerprint density at radius 3 is 2.27 bits per heavy atom. The third-order valence-electron chi connectivity index (χ3n) is 6.70. The van der Waals surface area contributed by atoms with Crippen molar-refractivity contribution < 1.29 is 9.53 Å². The molecular weight excluding hydrogens is 482 g/mol. The van der Waals surface area contributed by atoms with Crippen molar-refractivity contribution in [2.75, 3.05) is 25.0 Å². The van der Waals surface area contributed by atoms with Gasteiger partial charge in [0.25, 0.3) is 0 Å². The number of carbonyl (C=O) groups excluding carboxylic acids is 1. The summed E-state index contributed by atoms with van der Waals surface area (Å²) in [6.07, 6.45) is 2.94. The molecule has 6 heteroatoms. The van der Waals surface area contributed by atoms with E-state index in [1.165, 1.54) is 5.56 Å². The number of carbonyl (C=O) groups is 1. The highest BCUT2D eigenvalue weighted by molar-refractivity contribution is 6.30. The van der Waals surface area contributed by atoms with Crippen LogP contribution in [0.25, 0.3) is 0 Å². The second-order valence-electron chi connectivity index (χ2n) is 9.33. The van der Waals surface area contributed by atoms with Gasteiger partial charge in [-0.05, 0) is 105 Å². The number of benzene rings is 3. The minimum absolute atomic E-state index is 0.0753. The molecule has 0 fully saturated rings. The van der Waals surface area contributed by atoms with E-state index in [9.17, 15) is 4.79 Å². The molecule has 0 saturated carbocycles. The molecule has 3 aromatic carbocycles. The minimum Gasteiger partial charge on any atom is -0.457 e. The molecule has 1 N–H and O–H groups in total. The molecule has 2 amide bonds. The van der Waals surface area contributed by atoms with Crippen molar-refractivity contribution in [1.82, 2.24) is 9.80 Å². The number of hydrogen-bond acceptors (Lipinski definition) is 3. The van der Waals surface area contributed by atoms with Crippen LogP contribution in [0.1, 0.15) is 51.7 Å². The molecule has 1 atom stereocenters. The smallest absolute Gasteiger partial charge is 0.322 e. The van der Waals surface area contributed by atoms with Gasteiger partial charge in [-0.25, -0.2) is 4.79 Å². The van der Waals surface area contributed by atoms with E-state index >= 15 is 0 Å². The lowest BCUT2D eigenvalue weighted by molar-refractivity contribution is 0.180. The number of anilines is 1. The molecule has 0 radical (unpaired) electrons. The fourth-order valence-corrected chi connectivity index (χ4v) is 4.42. The predicted molar refractivity (Wildman–Crippen MR) is 155 cm³/mol. The van der Waals surface area contributed by atoms with Gasteiger partial charge in [-0.3, -0.25) is 0 Å². The molecule has 3 aromatic rings. The van der Waals surface area contributed by atoms with Crippen LogP contribution in [-0.4, -0.2) is 41.5 Å². The summed E-state index contributed by atoms with van der Waals surface area (Å²) in [5.41, 5.74) is 3.07. The standard InChI is InChI=1S/C31H40ClN3O2/c1-5-25-13-17-28(18-14-25)33-31(36)35(24(4)10-9-21-34(6-2)7-3)23-26-11-8-12-30(22-26)37-29-19-15-27(32)16-20-29/h8,11-20,22,24H,5-7,9-10,21,23H2,1-4H3,(H,33,36). The number of rotatable bonds is 13. The summed E-state index contributed by atoms with van der Waals surface area (Å²) in [5, 5.41) is 3.78. The van der Waals surface area contributed by atoms with E-state index in [0.29, 0.717) is 11.6 Å². The van der Waals surface area contributed by atoms with Crippen LogP contribution in [0, 0.1) is 0 Å². The van der Waals surface area contributed by atoms with Gasteiger partial charge in [0, 0.05) is 23.3 Å². The van der Waals surface area contributed by atoms with Gasteiger partial charge in [-0.1, -0.05) is 56.6 Å². The summed E-state index contributed by atoms with van der Waals surface area (Å²) >= 11 is 6.00. The van der Waals surface area contributed by atoms with Gasteiger partial charge in [0.2, 0.25) is 0 Å². The molecule has 0 bridgehead atoms. The summed E-state index contributed by atoms with van der Waals surface area (Å²) in [5.74, 6) is 1.45. The molecule has 0 aliphatic carbocycles. The molecule has 3 rings (SSSR count). The van der Waals surface area contributed by atoms with Crippen LogP contribution in [0.5, 0.6) is 11.5 Å². The number of ether oxygens (including phenoxy) is 1. The SMILES string of the molecule is CCc1ccc(NC(=O)N(Cc2cccc(Oc3ccc(Cl)cc3)c2)C(C)CCCN(CC)CC)cc1. The van der Waals surface area contributed by atoms with Crippen molar-refractivity contribution in [2.24, 2.45) is 0 Å². The number of urea groups is 1. The average molecular weight is 522 g/mol. The fourth-order valence-electron chi connectivity index (χ4n) is 4.30. The third kappa shape index (κ3) is 9.10. The predicted octanol–water partition coefficient (Wildman–Crippen LogP) is 8.24. The summed E-state index contributed by atoms with van der Waals surface area (Å²) in [7, 11) is 0. The zero-order valence-electron chi connectivity index (χ0n) is 22.5. The Bertz CT molecular complexity index is 1100. The number of amides is 2. The maximum Gasteiger partial charge on any atom is 0.322 e. The zero-order chi connectivity index (χ0) is 26.6. The van der Waals surface area contributed by atoms with Crippen LogP contribution in [0.15, 0.2) is 72.8 Å². The van der Waals surface area contributed by atoms with Gasteiger partial charge in [-0.2, -0.15) is 0 Å². The first-order chi connectivity index (χ1) is 17.9. The monoisotopic (exact) mass is 521 g/mol. The van der Waals surface area contributed by atoms with Gasteiger partial charge >= 0.3 is 6.03 Å². The van der Waals surface area contributed by atoms with Crippen LogP contribution in [0.3, 0.4) is 0 Å². The molecule has 0 saturated heterocycles. The molecule has 0 aromatic heterocycles. The number of nitrogens with zero attached hydrogens (tertiary/aromatic N) is 2. The Balaban J connectivity index is 1.74. The summed E-state index contributed by atoms with van der Waals surface area (Å²) in [4.78, 5) is 17.8. The number of aryl methyl sites for hydroxylation is 1. The molecular formula is C31H40ClN3O2. The van der Waals surface area contributed by atoms with Gasteiger partial charge in [0.05, 0.1) is 0 Å². The Hall–Kier alpha value is -3.02. The Morgan fingerprint density at radius 2 is 1.62 bits per heavy atom. The molecule has 0 aliphatic heterocycles. The number of halogens is 1. The van der Waals surface area contributed by atoms with E-state index < -0.39 is 0 Å². The maximum atomic E-state index is 13.5. The highest BCUT2D eigenvalue weighted by Gasteiger charge is 2.21. The molecule has 37 heavy (non-hydrogen) atoms. The van der Waals surface area contributed by atoms with E-state index in [0.717, 1.165) is 61.6 Å². The van der Waals surface area contributed by atoms with E-state index in [1.807, 2.05) is 53.4 Å². The molecule has 0 heterocycles. The average Bonchev–Trinajstić information content (AvgIpc) is 2.91. The van der Waals surface area contributed by atoms with Crippen molar-refractivity contribution in [1.29, 1.82) is 0 Å². The van der Waals surface area contributed by atoms with Crippen molar-refractivity contribution >= 4 is 23.3 Å². The van der Waals surface area contributed by atoms with Crippen molar-refractivity contribution in [3.05, 3.63) is 88.9 Å². The highest BCUT2D eigenvalue weighted by atomic mass is 35.5. The number of hydrogen-bond donors (Lipinski definition) is 1. The highest BCUT2D eigenvalue weighted by Crippen LogP contribution is 2.25. The lowest BCUT2D eigenvalue weighted by Gasteiger charge is -2.30. The van der Waals surface area contributed by atoms with Crippen LogP contribution >= 0.6 is 11.6 Å². The quantitative estimate of drug-likeness (QED) is 0.246. The molecule has 0 spiro atoms. The number of nitrogens with one attached hydrogen (secondary N) is 1. The van der Waals surface area contributed by atoms with Crippen molar-refractivity contribution in [3.8, 4) is 11.5 Å². The second kappa shape index (κ2) is 14.7. The van der Waals surface area contributed by atoms with Gasteiger partial charge < -0.3 is 19.9 Å². The maximum absolute atomic E-state index is 13.5. The van der Waals surface area contributed by atoms with Crippen LogP contribution in [0.4, 0.5) is 10.5 Å². The third-order valence-corrected chi connectivity index (χ3v) is 6.95. The summed E-state index contributed by atoms with van der Waals surface area (Å²) < 4.78 is 6.03. The van der Waals surface area contributed by atoms with Crippen LogP contribution in [0.2, 0.25) is 5.02 Å². The van der Waals surface area contributed by atoms with Gasteiger partial charge in [0.15, 0.2) is 0 Å². The molecule has 198 valence electrons. The normalized spacial score (nSPS) is 11.8. The molecule has 5 nitrogen and oxygen atoms in total. The molecule has 1 unspecified atom stereocenters. The first-order valence-electron chi connectivity index (χ1n) is 13.3. The first-order valence-corrected chi connectivity index (χ1v) is 13.7. The topological polar surface area (TPSA) is 44.8 Å². The molecule has 0 aliphatic rings. The van der Waals surface area contributed by atoms with Crippen LogP contribution < -0.4 is 10.1 Å². The zero-order valence-corrected chi connectivity index (χ0v) is 23.3.